The molecule has 3 rings (SSSR count). The second kappa shape index (κ2) is 9.43. The molecule has 30 heavy (non-hydrogen) atoms. The summed E-state index contributed by atoms with van der Waals surface area (Å²) in [5, 5.41) is 15.0. The minimum atomic E-state index is -0.772. The fourth-order valence-electron chi connectivity index (χ4n) is 2.66. The van der Waals surface area contributed by atoms with E-state index in [-0.39, 0.29) is 23.0 Å². The Kier molecular flexibility index (Phi) is 6.50. The zero-order valence-corrected chi connectivity index (χ0v) is 16.3. The molecule has 3 aromatic carbocycles. The molecule has 9 nitrogen and oxygen atoms in total. The SMILES string of the molecule is O=C(COc1cccc2ccccc12)NC(=S)NNC(=O)c1ccccc1[N+](=O)[O-]. The van der Waals surface area contributed by atoms with Crippen LogP contribution in [0.3, 0.4) is 0 Å². The van der Waals surface area contributed by atoms with E-state index in [1.165, 1.54) is 24.3 Å². The van der Waals surface area contributed by atoms with E-state index in [0.717, 1.165) is 10.8 Å². The van der Waals surface area contributed by atoms with Crippen LogP contribution in [0.15, 0.2) is 66.7 Å². The number of nitro groups is 1. The first-order valence-corrected chi connectivity index (χ1v) is 9.10. The van der Waals surface area contributed by atoms with Crippen LogP contribution in [0.5, 0.6) is 5.75 Å². The number of ether oxygens (including phenoxy) is 1. The molecular formula is C20H16N4O5S. The Hall–Kier alpha value is -4.05. The zero-order chi connectivity index (χ0) is 21.5. The number of amides is 2. The first-order valence-electron chi connectivity index (χ1n) is 8.70. The van der Waals surface area contributed by atoms with E-state index < -0.39 is 16.7 Å². The number of carbonyl (C=O) groups excluding carboxylic acids is 2. The molecule has 0 aliphatic heterocycles. The molecule has 0 fully saturated rings. The van der Waals surface area contributed by atoms with E-state index in [4.69, 9.17) is 17.0 Å². The number of carbonyl (C=O) groups is 2. The lowest BCUT2D eigenvalue weighted by atomic mass is 10.1. The molecule has 152 valence electrons. The molecule has 0 radical (unpaired) electrons. The molecule has 0 aliphatic rings. The maximum absolute atomic E-state index is 12.1. The molecule has 0 aromatic heterocycles. The number of hydrogen-bond donors (Lipinski definition) is 3. The lowest BCUT2D eigenvalue weighted by Gasteiger charge is -2.12. The fourth-order valence-corrected chi connectivity index (χ4v) is 2.83. The van der Waals surface area contributed by atoms with Gasteiger partial charge >= 0.3 is 0 Å². The molecule has 0 spiro atoms. The van der Waals surface area contributed by atoms with E-state index in [1.807, 2.05) is 36.4 Å². The van der Waals surface area contributed by atoms with Gasteiger partial charge in [0.1, 0.15) is 11.3 Å². The third-order valence-corrected chi connectivity index (χ3v) is 4.20. The van der Waals surface area contributed by atoms with Gasteiger partial charge < -0.3 is 4.74 Å². The van der Waals surface area contributed by atoms with Crippen molar-refractivity contribution in [2.75, 3.05) is 6.61 Å². The number of fused-ring (bicyclic) bond motifs is 1. The highest BCUT2D eigenvalue weighted by Crippen LogP contribution is 2.24. The van der Waals surface area contributed by atoms with Crippen LogP contribution in [0.2, 0.25) is 0 Å². The Labute approximate surface area is 176 Å². The maximum Gasteiger partial charge on any atom is 0.282 e. The van der Waals surface area contributed by atoms with Gasteiger partial charge in [-0.25, -0.2) is 0 Å². The number of hydrazine groups is 1. The van der Waals surface area contributed by atoms with Gasteiger partial charge in [0.15, 0.2) is 11.7 Å². The van der Waals surface area contributed by atoms with Gasteiger partial charge in [-0.1, -0.05) is 48.5 Å². The molecule has 0 saturated carbocycles. The van der Waals surface area contributed by atoms with Gasteiger partial charge in [-0.05, 0) is 29.7 Å². The Bertz CT molecular complexity index is 1130. The van der Waals surface area contributed by atoms with Crippen LogP contribution in [0.1, 0.15) is 10.4 Å². The summed E-state index contributed by atoms with van der Waals surface area (Å²) in [5.41, 5.74) is 4.03. The van der Waals surface area contributed by atoms with Crippen molar-refractivity contribution in [3.63, 3.8) is 0 Å². The molecule has 3 N–H and O–H groups in total. The quantitative estimate of drug-likeness (QED) is 0.327. The minimum absolute atomic E-state index is 0.150. The van der Waals surface area contributed by atoms with Gasteiger partial charge in [0, 0.05) is 11.5 Å². The summed E-state index contributed by atoms with van der Waals surface area (Å²) in [6, 6.07) is 18.5. The Morgan fingerprint density at radius 2 is 1.67 bits per heavy atom. The van der Waals surface area contributed by atoms with Gasteiger partial charge in [0.25, 0.3) is 17.5 Å². The average Bonchev–Trinajstić information content (AvgIpc) is 2.76. The van der Waals surface area contributed by atoms with Crippen LogP contribution < -0.4 is 20.9 Å². The number of hydrogen-bond acceptors (Lipinski definition) is 6. The molecule has 0 heterocycles. The lowest BCUT2D eigenvalue weighted by Crippen LogP contribution is -2.49. The molecule has 2 amide bonds. The van der Waals surface area contributed by atoms with Crippen molar-refractivity contribution in [1.29, 1.82) is 0 Å². The van der Waals surface area contributed by atoms with Crippen molar-refractivity contribution < 1.29 is 19.2 Å². The van der Waals surface area contributed by atoms with E-state index in [1.54, 1.807) is 6.07 Å². The number of nitrogens with one attached hydrogen (secondary N) is 3. The molecule has 0 unspecified atom stereocenters. The molecule has 0 saturated heterocycles. The number of rotatable bonds is 5. The van der Waals surface area contributed by atoms with Gasteiger partial charge in [-0.2, -0.15) is 0 Å². The average molecular weight is 424 g/mol. The standard InChI is InChI=1S/C20H16N4O5S/c25-18(12-29-17-11-5-7-13-6-1-2-8-14(13)17)21-20(30)23-22-19(26)15-9-3-4-10-16(15)24(27)28/h1-11H,12H2,(H,22,26)(H2,21,23,25,30). The largest absolute Gasteiger partial charge is 0.483 e. The first kappa shape index (κ1) is 20.7. The molecular weight excluding hydrogens is 408 g/mol. The highest BCUT2D eigenvalue weighted by Gasteiger charge is 2.19. The Balaban J connectivity index is 1.51. The van der Waals surface area contributed by atoms with E-state index in [2.05, 4.69) is 16.2 Å². The monoisotopic (exact) mass is 424 g/mol. The van der Waals surface area contributed by atoms with Crippen LogP contribution >= 0.6 is 12.2 Å². The number of para-hydroxylation sites is 1. The summed E-state index contributed by atoms with van der Waals surface area (Å²) in [7, 11) is 0. The van der Waals surface area contributed by atoms with Gasteiger partial charge in [-0.3, -0.25) is 35.9 Å². The van der Waals surface area contributed by atoms with Crippen LogP contribution in [0.25, 0.3) is 10.8 Å². The number of benzene rings is 3. The van der Waals surface area contributed by atoms with Crippen molar-refractivity contribution in [2.24, 2.45) is 0 Å². The van der Waals surface area contributed by atoms with Crippen molar-refractivity contribution in [2.45, 2.75) is 0 Å². The highest BCUT2D eigenvalue weighted by atomic mass is 32.1. The van der Waals surface area contributed by atoms with Crippen molar-refractivity contribution in [1.82, 2.24) is 16.2 Å². The van der Waals surface area contributed by atoms with Gasteiger partial charge in [-0.15, -0.1) is 0 Å². The number of thiocarbonyl (C=S) groups is 1. The summed E-state index contributed by atoms with van der Waals surface area (Å²) in [4.78, 5) is 34.5. The zero-order valence-electron chi connectivity index (χ0n) is 15.5. The number of nitro benzene ring substituents is 1. The molecule has 3 aromatic rings. The van der Waals surface area contributed by atoms with E-state index in [0.29, 0.717) is 5.75 Å². The number of nitrogens with zero attached hydrogens (tertiary/aromatic N) is 1. The fraction of sp³-hybridized carbons (Fsp3) is 0.0500. The van der Waals surface area contributed by atoms with Gasteiger partial charge in [0.2, 0.25) is 0 Å². The normalized spacial score (nSPS) is 10.1. The third kappa shape index (κ3) is 5.06. The summed E-state index contributed by atoms with van der Waals surface area (Å²) in [6.07, 6.45) is 0. The van der Waals surface area contributed by atoms with Crippen molar-refractivity contribution in [3.05, 3.63) is 82.4 Å². The maximum atomic E-state index is 12.1. The molecule has 0 atom stereocenters. The summed E-state index contributed by atoms with van der Waals surface area (Å²) in [6.45, 7) is -0.298. The summed E-state index contributed by atoms with van der Waals surface area (Å²) < 4.78 is 5.56. The van der Waals surface area contributed by atoms with Crippen molar-refractivity contribution in [3.8, 4) is 5.75 Å². The van der Waals surface area contributed by atoms with E-state index >= 15 is 0 Å². The predicted molar refractivity (Wildman–Crippen MR) is 114 cm³/mol. The second-order valence-corrected chi connectivity index (χ2v) is 6.40. The Morgan fingerprint density at radius 1 is 0.967 bits per heavy atom. The van der Waals surface area contributed by atoms with Crippen LogP contribution in [-0.2, 0) is 4.79 Å². The highest BCUT2D eigenvalue weighted by molar-refractivity contribution is 7.80. The third-order valence-electron chi connectivity index (χ3n) is 4.00. The molecule has 10 heteroatoms. The van der Waals surface area contributed by atoms with Crippen LogP contribution in [0.4, 0.5) is 5.69 Å². The summed E-state index contributed by atoms with van der Waals surface area (Å²) in [5.74, 6) is -0.766. The first-order chi connectivity index (χ1) is 14.5. The Morgan fingerprint density at radius 3 is 2.47 bits per heavy atom. The second-order valence-electron chi connectivity index (χ2n) is 6.00. The van der Waals surface area contributed by atoms with Crippen LogP contribution in [0, 0.1) is 10.1 Å². The topological polar surface area (TPSA) is 123 Å². The predicted octanol–water partition coefficient (Wildman–Crippen LogP) is 2.46. The van der Waals surface area contributed by atoms with Crippen molar-refractivity contribution >= 4 is 45.6 Å². The smallest absolute Gasteiger partial charge is 0.282 e. The lowest BCUT2D eigenvalue weighted by molar-refractivity contribution is -0.385. The molecule has 0 bridgehead atoms. The van der Waals surface area contributed by atoms with Crippen LogP contribution in [-0.4, -0.2) is 28.5 Å². The summed E-state index contributed by atoms with van der Waals surface area (Å²) >= 11 is 4.94. The molecule has 0 aliphatic carbocycles. The minimum Gasteiger partial charge on any atom is -0.483 e. The van der Waals surface area contributed by atoms with E-state index in [9.17, 15) is 19.7 Å². The van der Waals surface area contributed by atoms with Gasteiger partial charge in [0.05, 0.1) is 4.92 Å².